The van der Waals surface area contributed by atoms with Crippen LogP contribution in [-0.4, -0.2) is 24.8 Å². The molecule has 2 aromatic rings. The molecule has 0 aromatic heterocycles. The van der Waals surface area contributed by atoms with Crippen molar-refractivity contribution >= 4 is 39.2 Å². The molecule has 0 saturated carbocycles. The van der Waals surface area contributed by atoms with Crippen LogP contribution in [0.1, 0.15) is 31.0 Å². The minimum atomic E-state index is -0.482. The molecule has 1 aliphatic rings. The van der Waals surface area contributed by atoms with Crippen LogP contribution in [0.2, 0.25) is 0 Å². The Bertz CT molecular complexity index is 979. The molecular formula is C22H23BrN2O4S. The van der Waals surface area contributed by atoms with Crippen molar-refractivity contribution < 1.29 is 19.0 Å². The Kier molecular flexibility index (Phi) is 7.33. The molecule has 6 nitrogen and oxygen atoms in total. The van der Waals surface area contributed by atoms with Crippen LogP contribution in [-0.2, 0) is 16.1 Å². The van der Waals surface area contributed by atoms with Crippen molar-refractivity contribution in [2.24, 2.45) is 0 Å². The number of esters is 1. The number of carbonyl (C=O) groups is 1. The first-order valence-electron chi connectivity index (χ1n) is 9.44. The summed E-state index contributed by atoms with van der Waals surface area (Å²) in [7, 11) is 1.36. The minimum absolute atomic E-state index is 0.404. The SMILES string of the molecule is CCOc1cc([C@@H]2NC(=S)NC(C)=C2C(=O)OC)cc(Br)c1OCc1ccccc1. The summed E-state index contributed by atoms with van der Waals surface area (Å²) in [6, 6.07) is 13.2. The maximum atomic E-state index is 12.4. The summed E-state index contributed by atoms with van der Waals surface area (Å²) in [5.41, 5.74) is 2.95. The Hall–Kier alpha value is -2.58. The number of carbonyl (C=O) groups excluding carboxylic acids is 1. The zero-order chi connectivity index (χ0) is 21.7. The minimum Gasteiger partial charge on any atom is -0.490 e. The van der Waals surface area contributed by atoms with Crippen LogP contribution < -0.4 is 20.1 Å². The lowest BCUT2D eigenvalue weighted by Crippen LogP contribution is -2.45. The van der Waals surface area contributed by atoms with E-state index < -0.39 is 12.0 Å². The van der Waals surface area contributed by atoms with Crippen molar-refractivity contribution in [2.45, 2.75) is 26.5 Å². The predicted molar refractivity (Wildman–Crippen MR) is 122 cm³/mol. The first-order chi connectivity index (χ1) is 14.4. The third kappa shape index (κ3) is 4.94. The number of benzene rings is 2. The van der Waals surface area contributed by atoms with Gasteiger partial charge in [-0.2, -0.15) is 0 Å². The van der Waals surface area contributed by atoms with E-state index in [-0.39, 0.29) is 0 Å². The topological polar surface area (TPSA) is 68.8 Å². The van der Waals surface area contributed by atoms with Gasteiger partial charge in [0.1, 0.15) is 6.61 Å². The lowest BCUT2D eigenvalue weighted by atomic mass is 9.95. The Morgan fingerprint density at radius 3 is 2.60 bits per heavy atom. The number of hydrogen-bond donors (Lipinski definition) is 2. The molecule has 30 heavy (non-hydrogen) atoms. The molecule has 0 aliphatic carbocycles. The van der Waals surface area contributed by atoms with Gasteiger partial charge in [-0.1, -0.05) is 30.3 Å². The summed E-state index contributed by atoms with van der Waals surface area (Å²) in [4.78, 5) is 12.4. The third-order valence-electron chi connectivity index (χ3n) is 4.57. The van der Waals surface area contributed by atoms with Gasteiger partial charge in [0, 0.05) is 5.70 Å². The Morgan fingerprint density at radius 2 is 1.93 bits per heavy atom. The summed E-state index contributed by atoms with van der Waals surface area (Å²) in [6.07, 6.45) is 0. The van der Waals surface area contributed by atoms with Gasteiger partial charge in [-0.25, -0.2) is 4.79 Å². The molecule has 0 unspecified atom stereocenters. The van der Waals surface area contributed by atoms with Gasteiger partial charge in [0.25, 0.3) is 0 Å². The summed E-state index contributed by atoms with van der Waals surface area (Å²) in [6.45, 7) is 4.57. The average molecular weight is 491 g/mol. The second-order valence-corrected chi connectivity index (χ2v) is 7.86. The van der Waals surface area contributed by atoms with E-state index in [4.69, 9.17) is 26.4 Å². The molecule has 0 bridgehead atoms. The van der Waals surface area contributed by atoms with Gasteiger partial charge in [0.05, 0.1) is 29.8 Å². The zero-order valence-corrected chi connectivity index (χ0v) is 19.4. The van der Waals surface area contributed by atoms with Crippen molar-refractivity contribution in [1.29, 1.82) is 0 Å². The van der Waals surface area contributed by atoms with Crippen LogP contribution in [0.4, 0.5) is 0 Å². The van der Waals surface area contributed by atoms with Crippen LogP contribution in [0.15, 0.2) is 58.2 Å². The van der Waals surface area contributed by atoms with Gasteiger partial charge < -0.3 is 24.8 Å². The number of ether oxygens (including phenoxy) is 3. The van der Waals surface area contributed by atoms with Gasteiger partial charge in [-0.15, -0.1) is 0 Å². The first kappa shape index (κ1) is 22.1. The van der Waals surface area contributed by atoms with E-state index in [0.717, 1.165) is 11.1 Å². The quantitative estimate of drug-likeness (QED) is 0.440. The molecule has 0 spiro atoms. The number of thiocarbonyl (C=S) groups is 1. The van der Waals surface area contributed by atoms with Crippen molar-refractivity contribution in [2.75, 3.05) is 13.7 Å². The predicted octanol–water partition coefficient (Wildman–Crippen LogP) is 4.39. The van der Waals surface area contributed by atoms with Gasteiger partial charge in [0.2, 0.25) is 0 Å². The van der Waals surface area contributed by atoms with E-state index in [0.29, 0.717) is 45.6 Å². The molecule has 1 aliphatic heterocycles. The highest BCUT2D eigenvalue weighted by molar-refractivity contribution is 9.10. The molecule has 8 heteroatoms. The van der Waals surface area contributed by atoms with E-state index in [9.17, 15) is 4.79 Å². The second-order valence-electron chi connectivity index (χ2n) is 6.60. The fourth-order valence-electron chi connectivity index (χ4n) is 3.21. The average Bonchev–Trinajstić information content (AvgIpc) is 2.73. The summed E-state index contributed by atoms with van der Waals surface area (Å²) >= 11 is 8.90. The highest BCUT2D eigenvalue weighted by Crippen LogP contribution is 2.41. The number of rotatable bonds is 7. The van der Waals surface area contributed by atoms with Crippen molar-refractivity contribution in [3.63, 3.8) is 0 Å². The Labute approximate surface area is 189 Å². The van der Waals surface area contributed by atoms with Crippen molar-refractivity contribution in [3.8, 4) is 11.5 Å². The number of allylic oxidation sites excluding steroid dienone is 1. The molecule has 0 fully saturated rings. The molecule has 0 radical (unpaired) electrons. The standard InChI is InChI=1S/C22H23BrN2O4S/c1-4-28-17-11-15(19-18(21(26)27-3)13(2)24-22(30)25-19)10-16(23)20(17)29-12-14-8-6-5-7-9-14/h5-11,19H,4,12H2,1-3H3,(H2,24,25,30)/t19-/m0/s1. The number of methoxy groups -OCH3 is 1. The molecule has 0 saturated heterocycles. The van der Waals surface area contributed by atoms with Gasteiger partial charge >= 0.3 is 5.97 Å². The highest BCUT2D eigenvalue weighted by Gasteiger charge is 2.31. The maximum Gasteiger partial charge on any atom is 0.337 e. The number of nitrogens with one attached hydrogen (secondary N) is 2. The van der Waals surface area contributed by atoms with Gasteiger partial charge in [0.15, 0.2) is 16.6 Å². The van der Waals surface area contributed by atoms with E-state index in [1.165, 1.54) is 7.11 Å². The molecule has 3 rings (SSSR count). The van der Waals surface area contributed by atoms with Crippen LogP contribution in [0.25, 0.3) is 0 Å². The number of hydrogen-bond acceptors (Lipinski definition) is 5. The fourth-order valence-corrected chi connectivity index (χ4v) is 4.06. The van der Waals surface area contributed by atoms with Crippen LogP contribution in [0, 0.1) is 0 Å². The summed E-state index contributed by atoms with van der Waals surface area (Å²) in [5, 5.41) is 6.56. The van der Waals surface area contributed by atoms with E-state index in [1.54, 1.807) is 6.92 Å². The smallest absolute Gasteiger partial charge is 0.337 e. The molecule has 2 aromatic carbocycles. The van der Waals surface area contributed by atoms with Crippen LogP contribution >= 0.6 is 28.1 Å². The maximum absolute atomic E-state index is 12.4. The fraction of sp³-hybridized carbons (Fsp3) is 0.273. The third-order valence-corrected chi connectivity index (χ3v) is 5.37. The zero-order valence-electron chi connectivity index (χ0n) is 17.0. The van der Waals surface area contributed by atoms with Gasteiger partial charge in [-0.3, -0.25) is 0 Å². The van der Waals surface area contributed by atoms with Crippen LogP contribution in [0.3, 0.4) is 0 Å². The lowest BCUT2D eigenvalue weighted by Gasteiger charge is -2.30. The van der Waals surface area contributed by atoms with Crippen LogP contribution in [0.5, 0.6) is 11.5 Å². The van der Waals surface area contributed by atoms with Crippen molar-refractivity contribution in [1.82, 2.24) is 10.6 Å². The molecule has 1 atom stereocenters. The normalized spacial score (nSPS) is 15.9. The Morgan fingerprint density at radius 1 is 1.20 bits per heavy atom. The molecule has 0 amide bonds. The largest absolute Gasteiger partial charge is 0.490 e. The number of halogens is 1. The molecular weight excluding hydrogens is 468 g/mol. The highest BCUT2D eigenvalue weighted by atomic mass is 79.9. The first-order valence-corrected chi connectivity index (χ1v) is 10.6. The molecule has 1 heterocycles. The second kappa shape index (κ2) is 9.95. The van der Waals surface area contributed by atoms with E-state index in [2.05, 4.69) is 26.6 Å². The lowest BCUT2D eigenvalue weighted by molar-refractivity contribution is -0.136. The van der Waals surface area contributed by atoms with Crippen molar-refractivity contribution in [3.05, 3.63) is 69.3 Å². The van der Waals surface area contributed by atoms with Gasteiger partial charge in [-0.05, 0) is 65.3 Å². The molecule has 158 valence electrons. The summed E-state index contributed by atoms with van der Waals surface area (Å²) in [5.74, 6) is 0.741. The summed E-state index contributed by atoms with van der Waals surface area (Å²) < 4.78 is 17.6. The monoisotopic (exact) mass is 490 g/mol. The van der Waals surface area contributed by atoms with E-state index >= 15 is 0 Å². The van der Waals surface area contributed by atoms with E-state index in [1.807, 2.05) is 49.4 Å². The Balaban J connectivity index is 1.98. The molecule has 2 N–H and O–H groups in total.